The normalized spacial score (nSPS) is 51.5. The fraction of sp³-hybridized carbons (Fsp3) is 0.963. The molecule has 0 aromatic rings. The number of fused-ring (bicyclic) bond motifs is 4. The zero-order valence-electron chi connectivity index (χ0n) is 19.7. The number of carbonyl (C=O) groups excluding carboxylic acids is 1. The van der Waals surface area contributed by atoms with Gasteiger partial charge < -0.3 is 5.32 Å². The molecule has 1 aliphatic heterocycles. The third-order valence-corrected chi connectivity index (χ3v) is 11.1. The summed E-state index contributed by atoms with van der Waals surface area (Å²) in [6, 6.07) is 0. The zero-order valence-corrected chi connectivity index (χ0v) is 19.7. The van der Waals surface area contributed by atoms with Crippen LogP contribution in [0.15, 0.2) is 0 Å². The van der Waals surface area contributed by atoms with Crippen LogP contribution >= 0.6 is 0 Å². The van der Waals surface area contributed by atoms with E-state index in [1.165, 1.54) is 64.2 Å². The van der Waals surface area contributed by atoms with Crippen molar-refractivity contribution in [1.29, 1.82) is 0 Å². The first-order valence-corrected chi connectivity index (χ1v) is 13.0. The van der Waals surface area contributed by atoms with Crippen molar-refractivity contribution in [3.05, 3.63) is 0 Å². The Morgan fingerprint density at radius 3 is 2.62 bits per heavy atom. The van der Waals surface area contributed by atoms with Crippen molar-refractivity contribution < 1.29 is 4.79 Å². The van der Waals surface area contributed by atoms with Crippen molar-refractivity contribution in [3.8, 4) is 0 Å². The van der Waals surface area contributed by atoms with Gasteiger partial charge in [0.25, 0.3) is 0 Å². The quantitative estimate of drug-likeness (QED) is 0.555. The minimum absolute atomic E-state index is 0.184. The molecule has 9 unspecified atom stereocenters. The maximum atomic E-state index is 13.2. The van der Waals surface area contributed by atoms with Crippen LogP contribution in [0.2, 0.25) is 0 Å². The number of nitrogens with one attached hydrogen (secondary N) is 1. The monoisotopic (exact) mass is 399 g/mol. The van der Waals surface area contributed by atoms with Crippen LogP contribution in [0, 0.1) is 52.3 Å². The van der Waals surface area contributed by atoms with Gasteiger partial charge in [-0.2, -0.15) is 0 Å². The number of carbonyl (C=O) groups is 1. The summed E-state index contributed by atoms with van der Waals surface area (Å²) in [6.45, 7) is 12.5. The van der Waals surface area contributed by atoms with Crippen molar-refractivity contribution in [2.24, 2.45) is 52.3 Å². The third-order valence-electron chi connectivity index (χ3n) is 11.1. The molecule has 0 bridgehead atoms. The third kappa shape index (κ3) is 2.97. The first-order chi connectivity index (χ1) is 13.7. The molecule has 2 heteroatoms. The lowest BCUT2D eigenvalue weighted by Crippen LogP contribution is -2.53. The lowest BCUT2D eigenvalue weighted by molar-refractivity contribution is -0.125. The van der Waals surface area contributed by atoms with Gasteiger partial charge in [0.2, 0.25) is 5.91 Å². The zero-order chi connectivity index (χ0) is 20.6. The lowest BCUT2D eigenvalue weighted by atomic mass is 9.48. The first kappa shape index (κ1) is 20.4. The summed E-state index contributed by atoms with van der Waals surface area (Å²) in [5, 5.41) is 3.69. The minimum atomic E-state index is 0.184. The Morgan fingerprint density at radius 2 is 1.86 bits per heavy atom. The summed E-state index contributed by atoms with van der Waals surface area (Å²) in [4.78, 5) is 13.2. The Kier molecular flexibility index (Phi) is 4.73. The van der Waals surface area contributed by atoms with E-state index in [0.29, 0.717) is 22.7 Å². The Balaban J connectivity index is 1.45. The minimum Gasteiger partial charge on any atom is -0.350 e. The van der Waals surface area contributed by atoms with Crippen LogP contribution in [0.5, 0.6) is 0 Å². The molecule has 5 rings (SSSR count). The van der Waals surface area contributed by atoms with Gasteiger partial charge in [-0.1, -0.05) is 60.3 Å². The first-order valence-electron chi connectivity index (χ1n) is 13.0. The molecule has 0 aromatic heterocycles. The van der Waals surface area contributed by atoms with Crippen molar-refractivity contribution in [2.45, 2.75) is 111 Å². The van der Waals surface area contributed by atoms with E-state index < -0.39 is 0 Å². The smallest absolute Gasteiger partial charge is 0.220 e. The average molecular weight is 400 g/mol. The van der Waals surface area contributed by atoms with E-state index in [2.05, 4.69) is 39.9 Å². The molecule has 1 spiro atoms. The molecule has 0 radical (unpaired) electrons. The summed E-state index contributed by atoms with van der Waals surface area (Å²) in [6.07, 6.45) is 14.6. The topological polar surface area (TPSA) is 29.1 Å². The predicted octanol–water partition coefficient (Wildman–Crippen LogP) is 6.59. The number of amides is 1. The molecule has 4 saturated carbocycles. The second-order valence-corrected chi connectivity index (χ2v) is 13.1. The molecule has 1 heterocycles. The summed E-state index contributed by atoms with van der Waals surface area (Å²) in [5.74, 6) is 5.79. The van der Waals surface area contributed by atoms with E-state index in [1.807, 2.05) is 0 Å². The highest BCUT2D eigenvalue weighted by atomic mass is 16.1. The van der Waals surface area contributed by atoms with Crippen LogP contribution in [-0.2, 0) is 4.79 Å². The van der Waals surface area contributed by atoms with E-state index in [9.17, 15) is 4.79 Å². The second-order valence-electron chi connectivity index (χ2n) is 13.1. The van der Waals surface area contributed by atoms with Gasteiger partial charge >= 0.3 is 0 Å². The van der Waals surface area contributed by atoms with Crippen LogP contribution in [0.3, 0.4) is 0 Å². The Bertz CT molecular complexity index is 671. The molecule has 2 nitrogen and oxygen atoms in total. The van der Waals surface area contributed by atoms with Crippen LogP contribution in [0.1, 0.15) is 105 Å². The van der Waals surface area contributed by atoms with Gasteiger partial charge in [0, 0.05) is 12.0 Å². The Labute approximate surface area is 179 Å². The average Bonchev–Trinajstić information content (AvgIpc) is 3.03. The maximum Gasteiger partial charge on any atom is 0.220 e. The SMILES string of the molecule is CC(C)CCCC(C)C1CC2CC23NC(=O)CC2C4CCCC4(C)CCC2(C)C13. The largest absolute Gasteiger partial charge is 0.350 e. The maximum absolute atomic E-state index is 13.2. The number of hydrogen-bond donors (Lipinski definition) is 1. The molecule has 1 saturated heterocycles. The van der Waals surface area contributed by atoms with E-state index in [4.69, 9.17) is 0 Å². The van der Waals surface area contributed by atoms with Gasteiger partial charge in [0.1, 0.15) is 0 Å². The van der Waals surface area contributed by atoms with Crippen molar-refractivity contribution in [2.75, 3.05) is 0 Å². The summed E-state index contributed by atoms with van der Waals surface area (Å²) in [7, 11) is 0. The molecule has 9 atom stereocenters. The molecular formula is C27H45NO. The molecule has 5 aliphatic rings. The van der Waals surface area contributed by atoms with Crippen molar-refractivity contribution >= 4 is 5.91 Å². The Morgan fingerprint density at radius 1 is 1.07 bits per heavy atom. The molecule has 1 amide bonds. The Hall–Kier alpha value is -0.530. The molecule has 4 aliphatic carbocycles. The van der Waals surface area contributed by atoms with Gasteiger partial charge in [-0.3, -0.25) is 4.79 Å². The van der Waals surface area contributed by atoms with Crippen LogP contribution in [0.25, 0.3) is 0 Å². The highest BCUT2D eigenvalue weighted by Gasteiger charge is 2.74. The van der Waals surface area contributed by atoms with Gasteiger partial charge in [0.15, 0.2) is 0 Å². The molecule has 29 heavy (non-hydrogen) atoms. The standard InChI is InChI=1S/C27H45NO/c1-17(2)8-6-9-18(3)20-14-19-16-27(19)24(20)26(5)13-12-25(4)11-7-10-21(25)22(26)15-23(29)28-27/h17-22,24H,6-16H2,1-5H3,(H,28,29). The molecule has 0 aromatic carbocycles. The molecule has 1 N–H and O–H groups in total. The van der Waals surface area contributed by atoms with Gasteiger partial charge in [0.05, 0.1) is 0 Å². The highest BCUT2D eigenvalue weighted by Crippen LogP contribution is 2.74. The van der Waals surface area contributed by atoms with Gasteiger partial charge in [-0.05, 0) is 90.8 Å². The molecule has 164 valence electrons. The summed E-state index contributed by atoms with van der Waals surface area (Å²) >= 11 is 0. The van der Waals surface area contributed by atoms with Gasteiger partial charge in [-0.25, -0.2) is 0 Å². The highest BCUT2D eigenvalue weighted by molar-refractivity contribution is 5.79. The lowest BCUT2D eigenvalue weighted by Gasteiger charge is -2.56. The number of rotatable bonds is 5. The van der Waals surface area contributed by atoms with Crippen LogP contribution in [0.4, 0.5) is 0 Å². The van der Waals surface area contributed by atoms with Gasteiger partial charge in [-0.15, -0.1) is 0 Å². The second kappa shape index (κ2) is 6.73. The summed E-state index contributed by atoms with van der Waals surface area (Å²) < 4.78 is 0. The van der Waals surface area contributed by atoms with Crippen LogP contribution < -0.4 is 5.32 Å². The van der Waals surface area contributed by atoms with E-state index in [0.717, 1.165) is 41.9 Å². The predicted molar refractivity (Wildman–Crippen MR) is 119 cm³/mol. The number of hydrogen-bond acceptors (Lipinski definition) is 1. The molecular weight excluding hydrogens is 354 g/mol. The summed E-state index contributed by atoms with van der Waals surface area (Å²) in [5.41, 5.74) is 1.07. The van der Waals surface area contributed by atoms with Crippen LogP contribution in [-0.4, -0.2) is 11.4 Å². The fourth-order valence-corrected chi connectivity index (χ4v) is 9.53. The van der Waals surface area contributed by atoms with Crippen molar-refractivity contribution in [3.63, 3.8) is 0 Å². The fourth-order valence-electron chi connectivity index (χ4n) is 9.53. The van der Waals surface area contributed by atoms with E-state index in [-0.39, 0.29) is 5.54 Å². The van der Waals surface area contributed by atoms with Crippen molar-refractivity contribution in [1.82, 2.24) is 5.32 Å². The molecule has 5 fully saturated rings. The van der Waals surface area contributed by atoms with E-state index >= 15 is 0 Å². The van der Waals surface area contributed by atoms with E-state index in [1.54, 1.807) is 0 Å².